The van der Waals surface area contributed by atoms with Crippen LogP contribution < -0.4 is 11.4 Å². The van der Waals surface area contributed by atoms with Crippen LogP contribution in [-0.2, 0) is 21.8 Å². The standard InChI is InChI=1S/C18H23N3O4S/c1-18(2,15-9-5-3-6-10-15)13-26(24,25)12-8-4-7-11-21-14-19-16(22)20-17(21)23/h3-7,9-10,14H,8,11-13H2,1-2H3,(H,20,22,23)/b7-4-. The maximum Gasteiger partial charge on any atom is 0.350 e. The summed E-state index contributed by atoms with van der Waals surface area (Å²) in [6.07, 6.45) is 4.91. The van der Waals surface area contributed by atoms with E-state index in [9.17, 15) is 18.0 Å². The van der Waals surface area contributed by atoms with Gasteiger partial charge in [-0.15, -0.1) is 0 Å². The van der Waals surface area contributed by atoms with Gasteiger partial charge in [0.05, 0.1) is 11.5 Å². The monoisotopic (exact) mass is 377 g/mol. The van der Waals surface area contributed by atoms with Gasteiger partial charge in [-0.1, -0.05) is 56.3 Å². The van der Waals surface area contributed by atoms with E-state index in [1.165, 1.54) is 4.57 Å². The van der Waals surface area contributed by atoms with Gasteiger partial charge >= 0.3 is 11.4 Å². The largest absolute Gasteiger partial charge is 0.350 e. The molecule has 1 N–H and O–H groups in total. The Kier molecular flexibility index (Phi) is 6.31. The summed E-state index contributed by atoms with van der Waals surface area (Å²) in [6.45, 7) is 4.06. The molecule has 0 radical (unpaired) electrons. The van der Waals surface area contributed by atoms with Crippen LogP contribution in [0, 0.1) is 0 Å². The number of allylic oxidation sites excluding steroid dienone is 2. The fraction of sp³-hybridized carbons (Fsp3) is 0.389. The molecule has 1 aromatic heterocycles. The zero-order valence-electron chi connectivity index (χ0n) is 14.9. The second-order valence-corrected chi connectivity index (χ2v) is 8.92. The smallest absolute Gasteiger partial charge is 0.280 e. The first-order chi connectivity index (χ1) is 12.2. The Morgan fingerprint density at radius 1 is 1.15 bits per heavy atom. The number of aromatic amines is 1. The van der Waals surface area contributed by atoms with E-state index in [2.05, 4.69) is 9.97 Å². The average Bonchev–Trinajstić information content (AvgIpc) is 2.56. The van der Waals surface area contributed by atoms with Crippen LogP contribution in [0.5, 0.6) is 0 Å². The van der Waals surface area contributed by atoms with E-state index in [1.54, 1.807) is 12.2 Å². The summed E-state index contributed by atoms with van der Waals surface area (Å²) in [5.41, 5.74) is -0.711. The SMILES string of the molecule is CC(C)(CS(=O)(=O)CC/C=C\Cn1cnc(=O)[nH]c1=O)c1ccccc1. The van der Waals surface area contributed by atoms with Crippen molar-refractivity contribution in [1.29, 1.82) is 0 Å². The van der Waals surface area contributed by atoms with Gasteiger partial charge in [-0.25, -0.2) is 18.0 Å². The highest BCUT2D eigenvalue weighted by Crippen LogP contribution is 2.25. The number of nitrogens with zero attached hydrogens (tertiary/aromatic N) is 2. The zero-order valence-corrected chi connectivity index (χ0v) is 15.7. The van der Waals surface area contributed by atoms with Crippen LogP contribution in [-0.4, -0.2) is 34.5 Å². The van der Waals surface area contributed by atoms with Crippen molar-refractivity contribution in [3.05, 3.63) is 75.3 Å². The molecule has 0 aliphatic heterocycles. The second kappa shape index (κ2) is 8.27. The summed E-state index contributed by atoms with van der Waals surface area (Å²) >= 11 is 0. The highest BCUT2D eigenvalue weighted by molar-refractivity contribution is 7.91. The third kappa shape index (κ3) is 5.80. The van der Waals surface area contributed by atoms with Crippen molar-refractivity contribution in [2.45, 2.75) is 32.2 Å². The lowest BCUT2D eigenvalue weighted by atomic mass is 9.87. The molecule has 2 rings (SSSR count). The van der Waals surface area contributed by atoms with E-state index in [-0.39, 0.29) is 18.1 Å². The second-order valence-electron chi connectivity index (χ2n) is 6.73. The van der Waals surface area contributed by atoms with E-state index >= 15 is 0 Å². The molecule has 0 aliphatic rings. The highest BCUT2D eigenvalue weighted by Gasteiger charge is 2.27. The predicted octanol–water partition coefficient (Wildman–Crippen LogP) is 1.27. The van der Waals surface area contributed by atoms with Crippen LogP contribution >= 0.6 is 0 Å². The molecule has 0 amide bonds. The van der Waals surface area contributed by atoms with Crippen molar-refractivity contribution < 1.29 is 8.42 Å². The molecule has 0 saturated carbocycles. The number of aromatic nitrogens is 3. The molecule has 8 heteroatoms. The fourth-order valence-electron chi connectivity index (χ4n) is 2.65. The first-order valence-corrected chi connectivity index (χ1v) is 10.1. The van der Waals surface area contributed by atoms with Gasteiger partial charge < -0.3 is 0 Å². The summed E-state index contributed by atoms with van der Waals surface area (Å²) in [7, 11) is -3.23. The third-order valence-corrected chi connectivity index (χ3v) is 6.01. The number of nitrogens with one attached hydrogen (secondary N) is 1. The Bertz CT molecular complexity index is 973. The van der Waals surface area contributed by atoms with E-state index in [4.69, 9.17) is 0 Å². The summed E-state index contributed by atoms with van der Waals surface area (Å²) in [5.74, 6) is 0.111. The normalized spacial score (nSPS) is 12.5. The summed E-state index contributed by atoms with van der Waals surface area (Å²) in [5, 5.41) is 0. The molecule has 0 aliphatic carbocycles. The van der Waals surface area contributed by atoms with Crippen molar-refractivity contribution in [3.63, 3.8) is 0 Å². The number of hydrogen-bond acceptors (Lipinski definition) is 5. The van der Waals surface area contributed by atoms with Gasteiger partial charge in [0.2, 0.25) is 0 Å². The van der Waals surface area contributed by atoms with Gasteiger partial charge in [0.15, 0.2) is 9.84 Å². The zero-order chi connectivity index (χ0) is 19.2. The van der Waals surface area contributed by atoms with Crippen molar-refractivity contribution >= 4 is 9.84 Å². The Balaban J connectivity index is 1.89. The Hall–Kier alpha value is -2.48. The minimum atomic E-state index is -3.23. The first kappa shape index (κ1) is 19.8. The molecular formula is C18H23N3O4S. The highest BCUT2D eigenvalue weighted by atomic mass is 32.2. The molecule has 0 saturated heterocycles. The number of sulfone groups is 1. The van der Waals surface area contributed by atoms with Crippen molar-refractivity contribution in [1.82, 2.24) is 14.5 Å². The number of H-pyrrole nitrogens is 1. The van der Waals surface area contributed by atoms with Gasteiger partial charge in [-0.2, -0.15) is 4.98 Å². The van der Waals surface area contributed by atoms with Crippen LogP contribution in [0.2, 0.25) is 0 Å². The van der Waals surface area contributed by atoms with E-state index in [0.29, 0.717) is 6.42 Å². The van der Waals surface area contributed by atoms with Gasteiger partial charge in [-0.05, 0) is 12.0 Å². The summed E-state index contributed by atoms with van der Waals surface area (Å²) in [4.78, 5) is 27.9. The predicted molar refractivity (Wildman–Crippen MR) is 101 cm³/mol. The molecule has 2 aromatic rings. The van der Waals surface area contributed by atoms with Crippen LogP contribution in [0.15, 0.2) is 58.4 Å². The summed E-state index contributed by atoms with van der Waals surface area (Å²) in [6, 6.07) is 9.58. The van der Waals surface area contributed by atoms with Gasteiger partial charge in [0, 0.05) is 12.0 Å². The molecule has 0 atom stereocenters. The molecule has 0 spiro atoms. The lowest BCUT2D eigenvalue weighted by Crippen LogP contribution is -2.30. The minimum Gasteiger partial charge on any atom is -0.280 e. The topological polar surface area (TPSA) is 102 Å². The van der Waals surface area contributed by atoms with Crippen LogP contribution in [0.3, 0.4) is 0 Å². The minimum absolute atomic E-state index is 0.0402. The third-order valence-electron chi connectivity index (χ3n) is 3.99. The molecule has 0 fully saturated rings. The van der Waals surface area contributed by atoms with Gasteiger partial charge in [0.1, 0.15) is 6.33 Å². The van der Waals surface area contributed by atoms with E-state index in [1.807, 2.05) is 44.2 Å². The molecule has 140 valence electrons. The average molecular weight is 377 g/mol. The van der Waals surface area contributed by atoms with E-state index in [0.717, 1.165) is 11.9 Å². The molecule has 7 nitrogen and oxygen atoms in total. The molecule has 0 unspecified atom stereocenters. The Morgan fingerprint density at radius 2 is 1.85 bits per heavy atom. The van der Waals surface area contributed by atoms with Crippen molar-refractivity contribution in [2.75, 3.05) is 11.5 Å². The van der Waals surface area contributed by atoms with Gasteiger partial charge in [0.25, 0.3) is 0 Å². The first-order valence-electron chi connectivity index (χ1n) is 8.26. The molecular weight excluding hydrogens is 354 g/mol. The van der Waals surface area contributed by atoms with Crippen molar-refractivity contribution in [2.24, 2.45) is 0 Å². The van der Waals surface area contributed by atoms with E-state index < -0.39 is 26.6 Å². The maximum absolute atomic E-state index is 12.4. The molecule has 1 heterocycles. The lowest BCUT2D eigenvalue weighted by Gasteiger charge is -2.24. The molecule has 0 bridgehead atoms. The summed E-state index contributed by atoms with van der Waals surface area (Å²) < 4.78 is 26.0. The Morgan fingerprint density at radius 3 is 2.50 bits per heavy atom. The van der Waals surface area contributed by atoms with Crippen LogP contribution in [0.25, 0.3) is 0 Å². The van der Waals surface area contributed by atoms with Crippen LogP contribution in [0.1, 0.15) is 25.8 Å². The fourth-order valence-corrected chi connectivity index (χ4v) is 4.55. The number of rotatable bonds is 8. The number of hydrogen-bond donors (Lipinski definition) is 1. The molecule has 1 aromatic carbocycles. The van der Waals surface area contributed by atoms with Crippen molar-refractivity contribution in [3.8, 4) is 0 Å². The molecule has 26 heavy (non-hydrogen) atoms. The quantitative estimate of drug-likeness (QED) is 0.698. The van der Waals surface area contributed by atoms with Gasteiger partial charge in [-0.3, -0.25) is 9.55 Å². The number of benzene rings is 1. The Labute approximate surface area is 152 Å². The maximum atomic E-state index is 12.4. The van der Waals surface area contributed by atoms with Crippen LogP contribution in [0.4, 0.5) is 0 Å². The lowest BCUT2D eigenvalue weighted by molar-refractivity contribution is 0.548.